The van der Waals surface area contributed by atoms with Crippen molar-refractivity contribution in [3.8, 4) is 0 Å². The standard InChI is InChI=1S/C20H25ClN4O4/c21-15-7-5-14(6-8-15)16(23-18(27)13-25-10-2-4-20(25)29)11-22-17(26)12-24-9-1-3-19(24)28/h5-8,16H,1-4,9-13H2,(H,22,26)(H,23,27). The minimum atomic E-state index is -0.476. The molecule has 0 aliphatic carbocycles. The number of rotatable bonds is 8. The van der Waals surface area contributed by atoms with E-state index in [0.717, 1.165) is 18.4 Å². The number of hydrogen-bond donors (Lipinski definition) is 2. The van der Waals surface area contributed by atoms with E-state index in [9.17, 15) is 19.2 Å². The molecule has 29 heavy (non-hydrogen) atoms. The van der Waals surface area contributed by atoms with Gasteiger partial charge in [-0.15, -0.1) is 0 Å². The molecule has 0 bridgehead atoms. The second kappa shape index (κ2) is 9.73. The summed E-state index contributed by atoms with van der Waals surface area (Å²) in [6.07, 6.45) is 2.48. The minimum absolute atomic E-state index is 0.000844. The highest BCUT2D eigenvalue weighted by Crippen LogP contribution is 2.17. The molecule has 2 N–H and O–H groups in total. The van der Waals surface area contributed by atoms with Crippen molar-refractivity contribution in [2.75, 3.05) is 32.7 Å². The van der Waals surface area contributed by atoms with Gasteiger partial charge in [-0.1, -0.05) is 23.7 Å². The van der Waals surface area contributed by atoms with Crippen LogP contribution in [-0.2, 0) is 19.2 Å². The predicted molar refractivity (Wildman–Crippen MR) is 107 cm³/mol. The molecule has 3 rings (SSSR count). The number of nitrogens with zero attached hydrogens (tertiary/aromatic N) is 2. The fourth-order valence-corrected chi connectivity index (χ4v) is 3.67. The van der Waals surface area contributed by atoms with Crippen LogP contribution in [0.15, 0.2) is 24.3 Å². The van der Waals surface area contributed by atoms with Crippen molar-refractivity contribution in [3.63, 3.8) is 0 Å². The summed E-state index contributed by atoms with van der Waals surface area (Å²) >= 11 is 5.95. The number of halogens is 1. The molecule has 1 unspecified atom stereocenters. The van der Waals surface area contributed by atoms with E-state index in [-0.39, 0.29) is 43.3 Å². The molecule has 2 aliphatic rings. The van der Waals surface area contributed by atoms with Gasteiger partial charge < -0.3 is 20.4 Å². The van der Waals surface area contributed by atoms with Crippen molar-refractivity contribution >= 4 is 35.2 Å². The number of likely N-dealkylation sites (tertiary alicyclic amines) is 2. The van der Waals surface area contributed by atoms with E-state index in [1.54, 1.807) is 24.3 Å². The molecule has 2 aliphatic heterocycles. The van der Waals surface area contributed by atoms with E-state index >= 15 is 0 Å². The molecular weight excluding hydrogens is 396 g/mol. The third-order valence-electron chi connectivity index (χ3n) is 5.12. The summed E-state index contributed by atoms with van der Waals surface area (Å²) < 4.78 is 0. The van der Waals surface area contributed by atoms with E-state index in [2.05, 4.69) is 10.6 Å². The highest BCUT2D eigenvalue weighted by Gasteiger charge is 2.25. The third kappa shape index (κ3) is 5.93. The van der Waals surface area contributed by atoms with Gasteiger partial charge in [0.25, 0.3) is 0 Å². The maximum Gasteiger partial charge on any atom is 0.240 e. The summed E-state index contributed by atoms with van der Waals surface area (Å²) in [4.78, 5) is 51.2. The first-order chi connectivity index (χ1) is 13.9. The Morgan fingerprint density at radius 1 is 0.931 bits per heavy atom. The predicted octanol–water partition coefficient (Wildman–Crippen LogP) is 0.858. The summed E-state index contributed by atoms with van der Waals surface area (Å²) in [7, 11) is 0. The number of amides is 4. The average Bonchev–Trinajstić information content (AvgIpc) is 3.28. The lowest BCUT2D eigenvalue weighted by Crippen LogP contribution is -2.44. The lowest BCUT2D eigenvalue weighted by Gasteiger charge is -2.23. The zero-order valence-electron chi connectivity index (χ0n) is 16.2. The Bertz CT molecular complexity index is 783. The Morgan fingerprint density at radius 3 is 2.00 bits per heavy atom. The van der Waals surface area contributed by atoms with Crippen LogP contribution in [0.4, 0.5) is 0 Å². The highest BCUT2D eigenvalue weighted by atomic mass is 35.5. The van der Waals surface area contributed by atoms with Crippen molar-refractivity contribution in [2.24, 2.45) is 0 Å². The monoisotopic (exact) mass is 420 g/mol. The second-order valence-corrected chi connectivity index (χ2v) is 7.75. The molecule has 0 spiro atoms. The highest BCUT2D eigenvalue weighted by molar-refractivity contribution is 6.30. The van der Waals surface area contributed by atoms with Gasteiger partial charge in [-0.2, -0.15) is 0 Å². The van der Waals surface area contributed by atoms with Gasteiger partial charge in [0.15, 0.2) is 0 Å². The van der Waals surface area contributed by atoms with Crippen LogP contribution < -0.4 is 10.6 Å². The summed E-state index contributed by atoms with van der Waals surface area (Å²) in [6.45, 7) is 1.36. The van der Waals surface area contributed by atoms with E-state index in [0.29, 0.717) is 31.0 Å². The van der Waals surface area contributed by atoms with Crippen molar-refractivity contribution in [1.29, 1.82) is 0 Å². The first kappa shape index (κ1) is 21.1. The van der Waals surface area contributed by atoms with Crippen LogP contribution in [-0.4, -0.2) is 66.2 Å². The molecule has 8 nitrogen and oxygen atoms in total. The first-order valence-electron chi connectivity index (χ1n) is 9.79. The number of carbonyl (C=O) groups is 4. The zero-order chi connectivity index (χ0) is 20.8. The van der Waals surface area contributed by atoms with Crippen molar-refractivity contribution in [3.05, 3.63) is 34.9 Å². The molecule has 2 heterocycles. The summed E-state index contributed by atoms with van der Waals surface area (Å²) in [6, 6.07) is 6.51. The van der Waals surface area contributed by atoms with Gasteiger partial charge in [-0.3, -0.25) is 19.2 Å². The quantitative estimate of drug-likeness (QED) is 0.651. The van der Waals surface area contributed by atoms with Gasteiger partial charge in [0.2, 0.25) is 23.6 Å². The van der Waals surface area contributed by atoms with E-state index in [1.165, 1.54) is 9.80 Å². The molecule has 1 atom stereocenters. The molecule has 156 valence electrons. The molecule has 4 amide bonds. The lowest BCUT2D eigenvalue weighted by atomic mass is 10.1. The fourth-order valence-electron chi connectivity index (χ4n) is 3.55. The minimum Gasteiger partial charge on any atom is -0.352 e. The smallest absolute Gasteiger partial charge is 0.240 e. The summed E-state index contributed by atoms with van der Waals surface area (Å²) in [5.74, 6) is -0.600. The number of hydrogen-bond acceptors (Lipinski definition) is 4. The average molecular weight is 421 g/mol. The van der Waals surface area contributed by atoms with Crippen LogP contribution >= 0.6 is 11.6 Å². The number of nitrogens with one attached hydrogen (secondary N) is 2. The SMILES string of the molecule is O=C(CN1CCCC1=O)NCC(NC(=O)CN1CCCC1=O)c1ccc(Cl)cc1. The Morgan fingerprint density at radius 2 is 1.48 bits per heavy atom. The van der Waals surface area contributed by atoms with Crippen LogP contribution in [0.2, 0.25) is 5.02 Å². The van der Waals surface area contributed by atoms with Crippen LogP contribution in [0.1, 0.15) is 37.3 Å². The molecule has 0 radical (unpaired) electrons. The molecule has 1 aromatic rings. The van der Waals surface area contributed by atoms with Gasteiger partial charge in [-0.05, 0) is 30.5 Å². The van der Waals surface area contributed by atoms with Gasteiger partial charge in [0.05, 0.1) is 19.1 Å². The normalized spacial score (nSPS) is 17.6. The molecule has 9 heteroatoms. The molecule has 2 fully saturated rings. The maximum atomic E-state index is 12.5. The van der Waals surface area contributed by atoms with Crippen LogP contribution in [0, 0.1) is 0 Å². The van der Waals surface area contributed by atoms with Crippen LogP contribution in [0.5, 0.6) is 0 Å². The van der Waals surface area contributed by atoms with E-state index < -0.39 is 6.04 Å². The summed E-state index contributed by atoms with van der Waals surface area (Å²) in [5, 5.41) is 6.24. The Labute approximate surface area is 174 Å². The lowest BCUT2D eigenvalue weighted by molar-refractivity contribution is -0.133. The van der Waals surface area contributed by atoms with E-state index in [1.807, 2.05) is 0 Å². The van der Waals surface area contributed by atoms with E-state index in [4.69, 9.17) is 11.6 Å². The van der Waals surface area contributed by atoms with Gasteiger partial charge in [-0.25, -0.2) is 0 Å². The van der Waals surface area contributed by atoms with Gasteiger partial charge in [0, 0.05) is 37.5 Å². The second-order valence-electron chi connectivity index (χ2n) is 7.31. The third-order valence-corrected chi connectivity index (χ3v) is 5.37. The Balaban J connectivity index is 1.59. The van der Waals surface area contributed by atoms with Crippen molar-refractivity contribution in [2.45, 2.75) is 31.7 Å². The number of benzene rings is 1. The topological polar surface area (TPSA) is 98.8 Å². The van der Waals surface area contributed by atoms with Crippen molar-refractivity contribution < 1.29 is 19.2 Å². The first-order valence-corrected chi connectivity index (χ1v) is 10.2. The van der Waals surface area contributed by atoms with Gasteiger partial charge >= 0.3 is 0 Å². The van der Waals surface area contributed by atoms with Crippen LogP contribution in [0.3, 0.4) is 0 Å². The van der Waals surface area contributed by atoms with Crippen molar-refractivity contribution in [1.82, 2.24) is 20.4 Å². The largest absolute Gasteiger partial charge is 0.352 e. The molecule has 1 aromatic carbocycles. The molecular formula is C20H25ClN4O4. The molecule has 0 aromatic heterocycles. The molecule has 0 saturated carbocycles. The maximum absolute atomic E-state index is 12.5. The summed E-state index contributed by atoms with van der Waals surface area (Å²) in [5.41, 5.74) is 0.785. The number of carbonyl (C=O) groups excluding carboxylic acids is 4. The van der Waals surface area contributed by atoms with Crippen LogP contribution in [0.25, 0.3) is 0 Å². The Hall–Kier alpha value is -2.61. The Kier molecular flexibility index (Phi) is 7.09. The zero-order valence-corrected chi connectivity index (χ0v) is 16.9. The molecule has 2 saturated heterocycles. The van der Waals surface area contributed by atoms with Gasteiger partial charge in [0.1, 0.15) is 0 Å². The fraction of sp³-hybridized carbons (Fsp3) is 0.500.